The van der Waals surface area contributed by atoms with Crippen molar-refractivity contribution in [2.75, 3.05) is 0 Å². The zero-order valence-electron chi connectivity index (χ0n) is 11.3. The zero-order chi connectivity index (χ0) is 14.9. The van der Waals surface area contributed by atoms with Gasteiger partial charge in [-0.15, -0.1) is 0 Å². The second-order valence-electron chi connectivity index (χ2n) is 4.81. The number of aliphatic imine (C=N–C) groups is 1. The second-order valence-corrected chi connectivity index (χ2v) is 4.81. The number of alkyl halides is 3. The number of allylic oxidation sites excluding steroid dienone is 1. The Bertz CT molecular complexity index is 519. The molecule has 2 atom stereocenters. The van der Waals surface area contributed by atoms with Gasteiger partial charge in [0.25, 0.3) is 0 Å². The van der Waals surface area contributed by atoms with Gasteiger partial charge >= 0.3 is 6.18 Å². The highest BCUT2D eigenvalue weighted by Gasteiger charge is 2.40. The largest absolute Gasteiger partial charge is 0.433 e. The molecule has 1 N–H and O–H groups in total. The van der Waals surface area contributed by atoms with Crippen LogP contribution in [0.5, 0.6) is 0 Å². The molecule has 2 heterocycles. The molecular formula is C12H15F3N4O. The molecule has 0 bridgehead atoms. The number of dihydropyridines is 1. The number of rotatable bonds is 3. The van der Waals surface area contributed by atoms with Crippen LogP contribution < -0.4 is 0 Å². The minimum atomic E-state index is -4.52. The van der Waals surface area contributed by atoms with Gasteiger partial charge in [-0.2, -0.15) is 18.3 Å². The third kappa shape index (κ3) is 3.06. The van der Waals surface area contributed by atoms with E-state index in [1.54, 1.807) is 20.8 Å². The Kier molecular flexibility index (Phi) is 3.94. The van der Waals surface area contributed by atoms with Crippen molar-refractivity contribution >= 4 is 11.3 Å². The van der Waals surface area contributed by atoms with Gasteiger partial charge < -0.3 is 4.74 Å². The SMILES string of the molecule is CC(C)OC1N=C(C(F)(F)F)C=C(c2ncn[nH]2)C1C. The average Bonchev–Trinajstić information content (AvgIpc) is 2.83. The molecule has 1 aliphatic rings. The molecule has 0 spiro atoms. The molecular weight excluding hydrogens is 273 g/mol. The second kappa shape index (κ2) is 5.35. The first-order valence-electron chi connectivity index (χ1n) is 6.17. The quantitative estimate of drug-likeness (QED) is 0.929. The predicted octanol–water partition coefficient (Wildman–Crippen LogP) is 2.59. The number of hydrogen-bond acceptors (Lipinski definition) is 4. The molecule has 2 unspecified atom stereocenters. The van der Waals surface area contributed by atoms with E-state index in [-0.39, 0.29) is 12.0 Å². The summed E-state index contributed by atoms with van der Waals surface area (Å²) < 4.78 is 44.2. The van der Waals surface area contributed by atoms with Crippen LogP contribution in [0.1, 0.15) is 26.6 Å². The Hall–Kier alpha value is -1.70. The number of hydrogen-bond donors (Lipinski definition) is 1. The van der Waals surface area contributed by atoms with Gasteiger partial charge in [-0.3, -0.25) is 5.10 Å². The summed E-state index contributed by atoms with van der Waals surface area (Å²) in [7, 11) is 0. The van der Waals surface area contributed by atoms with Crippen molar-refractivity contribution in [3.8, 4) is 0 Å². The van der Waals surface area contributed by atoms with Gasteiger partial charge in [-0.05, 0) is 19.9 Å². The summed E-state index contributed by atoms with van der Waals surface area (Å²) in [6.07, 6.45) is -3.40. The maximum atomic E-state index is 12.9. The predicted molar refractivity (Wildman–Crippen MR) is 67.0 cm³/mol. The molecule has 2 rings (SSSR count). The molecule has 110 valence electrons. The number of H-pyrrole nitrogens is 1. The van der Waals surface area contributed by atoms with Gasteiger partial charge in [0.05, 0.1) is 6.10 Å². The van der Waals surface area contributed by atoms with Gasteiger partial charge in [-0.1, -0.05) is 6.92 Å². The highest BCUT2D eigenvalue weighted by Crippen LogP contribution is 2.33. The topological polar surface area (TPSA) is 63.2 Å². The zero-order valence-corrected chi connectivity index (χ0v) is 11.3. The van der Waals surface area contributed by atoms with Crippen molar-refractivity contribution in [3.05, 3.63) is 18.2 Å². The number of halogens is 3. The van der Waals surface area contributed by atoms with Gasteiger partial charge in [-0.25, -0.2) is 9.98 Å². The molecule has 0 fully saturated rings. The molecule has 1 aromatic heterocycles. The molecule has 0 amide bonds. The average molecular weight is 288 g/mol. The Labute approximate surface area is 114 Å². The van der Waals surface area contributed by atoms with Crippen LogP contribution in [0.3, 0.4) is 0 Å². The first kappa shape index (κ1) is 14.7. The van der Waals surface area contributed by atoms with Gasteiger partial charge in [0.2, 0.25) is 0 Å². The highest BCUT2D eigenvalue weighted by atomic mass is 19.4. The van der Waals surface area contributed by atoms with Crippen LogP contribution in [0, 0.1) is 5.92 Å². The Morgan fingerprint density at radius 3 is 2.55 bits per heavy atom. The van der Waals surface area contributed by atoms with Crippen molar-refractivity contribution < 1.29 is 17.9 Å². The Balaban J connectivity index is 2.40. The highest BCUT2D eigenvalue weighted by molar-refractivity contribution is 6.05. The summed E-state index contributed by atoms with van der Waals surface area (Å²) in [5.41, 5.74) is -0.580. The van der Waals surface area contributed by atoms with Gasteiger partial charge in [0, 0.05) is 11.5 Å². The van der Waals surface area contributed by atoms with Crippen molar-refractivity contribution in [3.63, 3.8) is 0 Å². The van der Waals surface area contributed by atoms with Crippen LogP contribution in [-0.4, -0.2) is 39.4 Å². The smallest absolute Gasteiger partial charge is 0.353 e. The van der Waals surface area contributed by atoms with Crippen molar-refractivity contribution in [2.45, 2.75) is 39.3 Å². The minimum absolute atomic E-state index is 0.227. The third-order valence-electron chi connectivity index (χ3n) is 2.87. The Morgan fingerprint density at radius 1 is 1.35 bits per heavy atom. The van der Waals surface area contributed by atoms with Crippen LogP contribution in [0.2, 0.25) is 0 Å². The molecule has 0 radical (unpaired) electrons. The molecule has 0 saturated carbocycles. The lowest BCUT2D eigenvalue weighted by atomic mass is 9.94. The summed E-state index contributed by atoms with van der Waals surface area (Å²) in [6, 6.07) is 0. The molecule has 5 nitrogen and oxygen atoms in total. The van der Waals surface area contributed by atoms with E-state index in [0.29, 0.717) is 11.4 Å². The van der Waals surface area contributed by atoms with E-state index >= 15 is 0 Å². The third-order valence-corrected chi connectivity index (χ3v) is 2.87. The normalized spacial score (nSPS) is 23.8. The van der Waals surface area contributed by atoms with E-state index in [0.717, 1.165) is 6.08 Å². The number of aromatic amines is 1. The fourth-order valence-electron chi connectivity index (χ4n) is 1.93. The lowest BCUT2D eigenvalue weighted by molar-refractivity contribution is -0.0622. The van der Waals surface area contributed by atoms with Crippen LogP contribution >= 0.6 is 0 Å². The van der Waals surface area contributed by atoms with E-state index in [1.165, 1.54) is 6.33 Å². The van der Waals surface area contributed by atoms with Crippen molar-refractivity contribution in [1.29, 1.82) is 0 Å². The van der Waals surface area contributed by atoms with E-state index in [1.807, 2.05) is 0 Å². The summed E-state index contributed by atoms with van der Waals surface area (Å²) in [5, 5.41) is 6.24. The minimum Gasteiger partial charge on any atom is -0.353 e. The van der Waals surface area contributed by atoms with E-state index in [4.69, 9.17) is 4.74 Å². The summed E-state index contributed by atoms with van der Waals surface area (Å²) in [6.45, 7) is 5.25. The number of aromatic nitrogens is 3. The van der Waals surface area contributed by atoms with Gasteiger partial charge in [0.1, 0.15) is 12.0 Å². The molecule has 1 aliphatic heterocycles. The van der Waals surface area contributed by atoms with Crippen molar-refractivity contribution in [2.24, 2.45) is 10.9 Å². The summed E-state index contributed by atoms with van der Waals surface area (Å²) >= 11 is 0. The number of nitrogens with one attached hydrogen (secondary N) is 1. The summed E-state index contributed by atoms with van der Waals surface area (Å²) in [5.74, 6) is -0.0528. The maximum absolute atomic E-state index is 12.9. The fraction of sp³-hybridized carbons (Fsp3) is 0.583. The van der Waals surface area contributed by atoms with Crippen LogP contribution in [0.4, 0.5) is 13.2 Å². The number of ether oxygens (including phenoxy) is 1. The molecule has 20 heavy (non-hydrogen) atoms. The van der Waals surface area contributed by atoms with Gasteiger partial charge in [0.15, 0.2) is 12.1 Å². The first-order chi connectivity index (χ1) is 9.29. The van der Waals surface area contributed by atoms with E-state index < -0.39 is 18.1 Å². The lowest BCUT2D eigenvalue weighted by Crippen LogP contribution is -2.34. The molecule has 0 saturated heterocycles. The van der Waals surface area contributed by atoms with Crippen LogP contribution in [0.25, 0.3) is 5.57 Å². The van der Waals surface area contributed by atoms with E-state index in [2.05, 4.69) is 20.2 Å². The Morgan fingerprint density at radius 2 is 2.05 bits per heavy atom. The van der Waals surface area contributed by atoms with Crippen LogP contribution in [0.15, 0.2) is 17.4 Å². The number of nitrogens with zero attached hydrogens (tertiary/aromatic N) is 3. The first-order valence-corrected chi connectivity index (χ1v) is 6.17. The molecule has 0 aromatic carbocycles. The molecule has 1 aromatic rings. The maximum Gasteiger partial charge on any atom is 0.433 e. The van der Waals surface area contributed by atoms with Crippen LogP contribution in [-0.2, 0) is 4.74 Å². The summed E-state index contributed by atoms with van der Waals surface area (Å²) in [4.78, 5) is 7.57. The monoisotopic (exact) mass is 288 g/mol. The molecule has 8 heteroatoms. The van der Waals surface area contributed by atoms with E-state index in [9.17, 15) is 13.2 Å². The molecule has 0 aliphatic carbocycles. The fourth-order valence-corrected chi connectivity index (χ4v) is 1.93. The van der Waals surface area contributed by atoms with Crippen molar-refractivity contribution in [1.82, 2.24) is 15.2 Å². The standard InChI is InChI=1S/C12H15F3N4O/c1-6(2)20-11-7(3)8(10-16-5-17-19-10)4-9(18-11)12(13,14)15/h4-7,11H,1-3H3,(H,16,17,19). The lowest BCUT2D eigenvalue weighted by Gasteiger charge is -2.29.